The Hall–Kier alpha value is -3.97. The minimum atomic E-state index is -3.33. The lowest BCUT2D eigenvalue weighted by Gasteiger charge is -2.30. The fourth-order valence-corrected chi connectivity index (χ4v) is 4.40. The molecule has 0 spiro atoms. The van der Waals surface area contributed by atoms with E-state index in [2.05, 4.69) is 16.6 Å². The van der Waals surface area contributed by atoms with Crippen LogP contribution in [0, 0.1) is 26.2 Å². The lowest BCUT2D eigenvalue weighted by atomic mass is 9.99. The SMILES string of the molecule is C#CCNC(=O)[C@@H]1CC(F)(F)CN1C(=O)[C@@H](O)[C@H](Cc1ccccc1)NC(=O)COc1c(C)cccc1C. The second-order valence-electron chi connectivity index (χ2n) is 9.28. The van der Waals surface area contributed by atoms with Crippen molar-refractivity contribution in [2.75, 3.05) is 19.7 Å². The van der Waals surface area contributed by atoms with Gasteiger partial charge in [-0.2, -0.15) is 0 Å². The molecule has 0 bridgehead atoms. The molecule has 2 aromatic carbocycles. The molecule has 0 saturated carbocycles. The third-order valence-corrected chi connectivity index (χ3v) is 6.26. The Morgan fingerprint density at radius 3 is 2.45 bits per heavy atom. The predicted molar refractivity (Wildman–Crippen MR) is 136 cm³/mol. The van der Waals surface area contributed by atoms with E-state index in [9.17, 15) is 28.3 Å². The molecule has 3 N–H and O–H groups in total. The van der Waals surface area contributed by atoms with Crippen molar-refractivity contribution in [3.8, 4) is 18.1 Å². The maximum absolute atomic E-state index is 14.3. The minimum Gasteiger partial charge on any atom is -0.483 e. The summed E-state index contributed by atoms with van der Waals surface area (Å²) in [5.41, 5.74) is 2.35. The van der Waals surface area contributed by atoms with Crippen molar-refractivity contribution in [2.24, 2.45) is 0 Å². The molecule has 1 saturated heterocycles. The first-order chi connectivity index (χ1) is 18.0. The summed E-state index contributed by atoms with van der Waals surface area (Å²) in [6.45, 7) is 2.04. The van der Waals surface area contributed by atoms with Gasteiger partial charge in [0, 0.05) is 6.42 Å². The molecule has 10 heteroatoms. The van der Waals surface area contributed by atoms with E-state index in [1.54, 1.807) is 30.3 Å². The molecule has 1 heterocycles. The van der Waals surface area contributed by atoms with Gasteiger partial charge in [-0.05, 0) is 37.0 Å². The van der Waals surface area contributed by atoms with Crippen molar-refractivity contribution in [3.05, 3.63) is 65.2 Å². The first-order valence-electron chi connectivity index (χ1n) is 12.1. The van der Waals surface area contributed by atoms with Gasteiger partial charge in [0.1, 0.15) is 11.8 Å². The van der Waals surface area contributed by atoms with Gasteiger partial charge in [-0.1, -0.05) is 54.5 Å². The van der Waals surface area contributed by atoms with Crippen LogP contribution in [0.3, 0.4) is 0 Å². The topological polar surface area (TPSA) is 108 Å². The summed E-state index contributed by atoms with van der Waals surface area (Å²) in [6, 6.07) is 11.6. The number of halogens is 2. The summed E-state index contributed by atoms with van der Waals surface area (Å²) in [5.74, 6) is -3.17. The number of likely N-dealkylation sites (tertiary alicyclic amines) is 1. The Morgan fingerprint density at radius 2 is 1.82 bits per heavy atom. The van der Waals surface area contributed by atoms with Crippen LogP contribution in [-0.4, -0.2) is 71.5 Å². The Morgan fingerprint density at radius 1 is 1.16 bits per heavy atom. The van der Waals surface area contributed by atoms with Gasteiger partial charge in [0.25, 0.3) is 17.7 Å². The number of aryl methyl sites for hydroxylation is 2. The molecular formula is C28H31F2N3O5. The number of hydrogen-bond donors (Lipinski definition) is 3. The zero-order chi connectivity index (χ0) is 27.9. The Kier molecular flexibility index (Phi) is 9.42. The van der Waals surface area contributed by atoms with Gasteiger partial charge in [-0.15, -0.1) is 6.42 Å². The first kappa shape index (κ1) is 28.6. The largest absolute Gasteiger partial charge is 0.483 e. The zero-order valence-corrected chi connectivity index (χ0v) is 21.2. The van der Waals surface area contributed by atoms with Crippen LogP contribution < -0.4 is 15.4 Å². The molecule has 0 unspecified atom stereocenters. The van der Waals surface area contributed by atoms with Crippen molar-refractivity contribution in [2.45, 2.75) is 50.8 Å². The molecule has 0 aliphatic carbocycles. The van der Waals surface area contributed by atoms with E-state index in [4.69, 9.17) is 11.2 Å². The van der Waals surface area contributed by atoms with Crippen LogP contribution in [0.1, 0.15) is 23.1 Å². The van der Waals surface area contributed by atoms with E-state index in [1.807, 2.05) is 32.0 Å². The quantitative estimate of drug-likeness (QED) is 0.408. The van der Waals surface area contributed by atoms with Crippen molar-refractivity contribution < 1.29 is 33.0 Å². The summed E-state index contributed by atoms with van der Waals surface area (Å²) >= 11 is 0. The van der Waals surface area contributed by atoms with Crippen LogP contribution in [0.4, 0.5) is 8.78 Å². The summed E-state index contributed by atoms with van der Waals surface area (Å²) < 4.78 is 34.2. The fourth-order valence-electron chi connectivity index (χ4n) is 4.40. The second-order valence-corrected chi connectivity index (χ2v) is 9.28. The molecule has 1 aliphatic heterocycles. The lowest BCUT2D eigenvalue weighted by molar-refractivity contribution is -0.147. The molecule has 0 aromatic heterocycles. The van der Waals surface area contributed by atoms with Crippen LogP contribution in [0.2, 0.25) is 0 Å². The van der Waals surface area contributed by atoms with E-state index in [-0.39, 0.29) is 13.0 Å². The van der Waals surface area contributed by atoms with Gasteiger partial charge in [0.15, 0.2) is 12.7 Å². The number of para-hydroxylation sites is 1. The summed E-state index contributed by atoms with van der Waals surface area (Å²) in [5, 5.41) is 15.9. The molecule has 1 fully saturated rings. The first-order valence-corrected chi connectivity index (χ1v) is 12.1. The molecule has 3 atom stereocenters. The average molecular weight is 528 g/mol. The van der Waals surface area contributed by atoms with Crippen LogP contribution in [-0.2, 0) is 20.8 Å². The number of rotatable bonds is 10. The normalized spacial score (nSPS) is 17.7. The number of benzene rings is 2. The van der Waals surface area contributed by atoms with E-state index in [0.717, 1.165) is 11.1 Å². The van der Waals surface area contributed by atoms with E-state index >= 15 is 0 Å². The van der Waals surface area contributed by atoms with Crippen LogP contribution in [0.15, 0.2) is 48.5 Å². The van der Waals surface area contributed by atoms with Gasteiger partial charge in [-0.3, -0.25) is 14.4 Å². The van der Waals surface area contributed by atoms with Gasteiger partial charge >= 0.3 is 0 Å². The molecule has 8 nitrogen and oxygen atoms in total. The van der Waals surface area contributed by atoms with Crippen molar-refractivity contribution in [1.82, 2.24) is 15.5 Å². The number of aliphatic hydroxyl groups is 1. The number of amides is 3. The van der Waals surface area contributed by atoms with Crippen molar-refractivity contribution in [1.29, 1.82) is 0 Å². The number of nitrogens with zero attached hydrogens (tertiary/aromatic N) is 1. The maximum Gasteiger partial charge on any atom is 0.267 e. The Balaban J connectivity index is 1.78. The highest BCUT2D eigenvalue weighted by Gasteiger charge is 2.51. The molecule has 0 radical (unpaired) electrons. The summed E-state index contributed by atoms with van der Waals surface area (Å²) in [7, 11) is 0. The highest BCUT2D eigenvalue weighted by molar-refractivity contribution is 5.91. The summed E-state index contributed by atoms with van der Waals surface area (Å²) in [4.78, 5) is 39.1. The number of carbonyl (C=O) groups excluding carboxylic acids is 3. The third-order valence-electron chi connectivity index (χ3n) is 6.26. The number of ether oxygens (including phenoxy) is 1. The molecular weight excluding hydrogens is 496 g/mol. The number of terminal acetylenes is 1. The third kappa shape index (κ3) is 7.29. The number of nitrogens with one attached hydrogen (secondary N) is 2. The van der Waals surface area contributed by atoms with Gasteiger partial charge in [-0.25, -0.2) is 8.78 Å². The van der Waals surface area contributed by atoms with Crippen molar-refractivity contribution in [3.63, 3.8) is 0 Å². The van der Waals surface area contributed by atoms with E-state index in [1.165, 1.54) is 0 Å². The van der Waals surface area contributed by atoms with Crippen molar-refractivity contribution >= 4 is 17.7 Å². The predicted octanol–water partition coefficient (Wildman–Crippen LogP) is 1.76. The number of aliphatic hydroxyl groups excluding tert-OH is 1. The van der Waals surface area contributed by atoms with E-state index in [0.29, 0.717) is 16.2 Å². The van der Waals surface area contributed by atoms with Gasteiger partial charge < -0.3 is 25.4 Å². The Bertz CT molecular complexity index is 1180. The van der Waals surface area contributed by atoms with Gasteiger partial charge in [0.2, 0.25) is 5.91 Å². The molecule has 38 heavy (non-hydrogen) atoms. The zero-order valence-electron chi connectivity index (χ0n) is 21.2. The smallest absolute Gasteiger partial charge is 0.267 e. The van der Waals surface area contributed by atoms with Crippen LogP contribution >= 0.6 is 0 Å². The number of hydrogen-bond acceptors (Lipinski definition) is 5. The monoisotopic (exact) mass is 527 g/mol. The van der Waals surface area contributed by atoms with E-state index < -0.39 is 61.4 Å². The second kappa shape index (κ2) is 12.5. The Labute approximate surface area is 220 Å². The fraction of sp³-hybridized carbons (Fsp3) is 0.393. The summed E-state index contributed by atoms with van der Waals surface area (Å²) in [6.07, 6.45) is 2.35. The molecule has 3 rings (SSSR count). The molecule has 202 valence electrons. The molecule has 3 amide bonds. The van der Waals surface area contributed by atoms with Gasteiger partial charge in [0.05, 0.1) is 19.1 Å². The average Bonchev–Trinajstić information content (AvgIpc) is 3.21. The number of carbonyl (C=O) groups is 3. The molecule has 1 aliphatic rings. The highest BCUT2D eigenvalue weighted by Crippen LogP contribution is 2.33. The number of alkyl halides is 2. The van der Waals surface area contributed by atoms with Crippen LogP contribution in [0.5, 0.6) is 5.75 Å². The maximum atomic E-state index is 14.3. The standard InChI is InChI=1S/C28H31F2N3O5/c1-4-13-31-26(36)22-15-28(29,30)17-33(22)27(37)24(35)21(14-20-11-6-5-7-12-20)32-23(34)16-38-25-18(2)9-8-10-19(25)3/h1,5-12,21-22,24,35H,13-17H2,2-3H3,(H,31,36)(H,32,34)/t21-,22-,24-/m0/s1. The molecule has 2 aromatic rings. The highest BCUT2D eigenvalue weighted by atomic mass is 19.3. The lowest BCUT2D eigenvalue weighted by Crippen LogP contribution is -2.56. The van der Waals surface area contributed by atoms with Crippen LogP contribution in [0.25, 0.3) is 0 Å². The minimum absolute atomic E-state index is 0.0288.